The Morgan fingerprint density at radius 1 is 0.889 bits per heavy atom. The molecule has 3 aromatic carbocycles. The van der Waals surface area contributed by atoms with Crippen molar-refractivity contribution in [2.45, 2.75) is 19.3 Å². The molecule has 0 atom stereocenters. The minimum atomic E-state index is 0.472. The molecular formula is C23H24N4. The van der Waals surface area contributed by atoms with Crippen LogP contribution >= 0.6 is 0 Å². The highest BCUT2D eigenvalue weighted by molar-refractivity contribution is 6.10. The van der Waals surface area contributed by atoms with Gasteiger partial charge in [-0.05, 0) is 65.6 Å². The maximum Gasteiger partial charge on any atom is 0.202 e. The molecule has 2 N–H and O–H groups in total. The van der Waals surface area contributed by atoms with Gasteiger partial charge in [-0.2, -0.15) is 0 Å². The number of rotatable bonds is 2. The highest BCUT2D eigenvalue weighted by atomic mass is 15.3. The highest BCUT2D eigenvalue weighted by Crippen LogP contribution is 2.36. The normalized spacial score (nSPS) is 14.1. The largest absolute Gasteiger partial charge is 0.384 e. The Hall–Kier alpha value is -3.01. The molecule has 4 heteroatoms. The van der Waals surface area contributed by atoms with Gasteiger partial charge in [0.1, 0.15) is 0 Å². The molecule has 0 radical (unpaired) electrons. The SMILES string of the molecule is CN(C(=N)N(C)c1ccc2c3c(cccc13)CC2)c1ccc2c(c1)CCN2. The van der Waals surface area contributed by atoms with Crippen LogP contribution in [0, 0.1) is 5.41 Å². The van der Waals surface area contributed by atoms with Crippen molar-refractivity contribution < 1.29 is 0 Å². The fourth-order valence-electron chi connectivity index (χ4n) is 4.49. The number of anilines is 3. The number of nitrogens with zero attached hydrogens (tertiary/aromatic N) is 2. The van der Waals surface area contributed by atoms with E-state index in [4.69, 9.17) is 5.41 Å². The Morgan fingerprint density at radius 2 is 1.70 bits per heavy atom. The fraction of sp³-hybridized carbons (Fsp3) is 0.261. The summed E-state index contributed by atoms with van der Waals surface area (Å²) in [6.45, 7) is 1.00. The number of hydrogen-bond acceptors (Lipinski definition) is 2. The van der Waals surface area contributed by atoms with Crippen molar-refractivity contribution in [3.8, 4) is 0 Å². The summed E-state index contributed by atoms with van der Waals surface area (Å²) < 4.78 is 0. The van der Waals surface area contributed by atoms with E-state index >= 15 is 0 Å². The van der Waals surface area contributed by atoms with E-state index in [-0.39, 0.29) is 0 Å². The van der Waals surface area contributed by atoms with Gasteiger partial charge in [0.2, 0.25) is 5.96 Å². The Morgan fingerprint density at radius 3 is 2.56 bits per heavy atom. The van der Waals surface area contributed by atoms with Crippen molar-refractivity contribution in [2.75, 3.05) is 35.8 Å². The average molecular weight is 356 g/mol. The third kappa shape index (κ3) is 2.47. The summed E-state index contributed by atoms with van der Waals surface area (Å²) >= 11 is 0. The number of guanidine groups is 1. The number of fused-ring (bicyclic) bond motifs is 1. The second-order valence-corrected chi connectivity index (χ2v) is 7.54. The zero-order valence-corrected chi connectivity index (χ0v) is 15.8. The summed E-state index contributed by atoms with van der Waals surface area (Å²) in [7, 11) is 3.97. The molecular weight excluding hydrogens is 332 g/mol. The Balaban J connectivity index is 1.50. The summed E-state index contributed by atoms with van der Waals surface area (Å²) in [5.74, 6) is 0.472. The van der Waals surface area contributed by atoms with Crippen LogP contribution in [0.25, 0.3) is 10.8 Å². The topological polar surface area (TPSA) is 42.4 Å². The molecule has 0 saturated heterocycles. The molecule has 4 nitrogen and oxygen atoms in total. The van der Waals surface area contributed by atoms with E-state index < -0.39 is 0 Å². The molecule has 0 bridgehead atoms. The van der Waals surface area contributed by atoms with Crippen LogP contribution in [-0.4, -0.2) is 26.6 Å². The van der Waals surface area contributed by atoms with Crippen LogP contribution in [0.1, 0.15) is 16.7 Å². The van der Waals surface area contributed by atoms with Gasteiger partial charge in [0, 0.05) is 37.4 Å². The standard InChI is InChI=1S/C23H24N4/c1-26(18-9-10-20-17(14-18)12-13-25-20)23(24)27(2)21-11-8-16-7-6-15-4-3-5-19(21)22(15)16/h3-5,8-11,14,24-25H,6-7,12-13H2,1-2H3. The van der Waals surface area contributed by atoms with Gasteiger partial charge in [-0.25, -0.2) is 0 Å². The molecule has 3 aromatic rings. The van der Waals surface area contributed by atoms with Crippen molar-refractivity contribution >= 4 is 33.8 Å². The second kappa shape index (κ2) is 6.02. The van der Waals surface area contributed by atoms with E-state index in [1.165, 1.54) is 33.2 Å². The maximum atomic E-state index is 8.81. The average Bonchev–Trinajstić information content (AvgIpc) is 3.34. The van der Waals surface area contributed by atoms with Gasteiger partial charge in [-0.1, -0.05) is 24.3 Å². The van der Waals surface area contributed by atoms with Gasteiger partial charge in [-0.3, -0.25) is 5.41 Å². The third-order valence-electron chi connectivity index (χ3n) is 6.04. The fourth-order valence-corrected chi connectivity index (χ4v) is 4.49. The molecule has 0 spiro atoms. The van der Waals surface area contributed by atoms with Crippen LogP contribution in [0.15, 0.2) is 48.5 Å². The summed E-state index contributed by atoms with van der Waals surface area (Å²) in [6, 6.07) is 17.4. The third-order valence-corrected chi connectivity index (χ3v) is 6.04. The van der Waals surface area contributed by atoms with Crippen molar-refractivity contribution in [1.29, 1.82) is 5.41 Å². The van der Waals surface area contributed by atoms with E-state index in [0.717, 1.165) is 37.2 Å². The Bertz CT molecular complexity index is 1060. The number of benzene rings is 3. The lowest BCUT2D eigenvalue weighted by molar-refractivity contribution is 1.02. The number of hydrogen-bond donors (Lipinski definition) is 2. The van der Waals surface area contributed by atoms with E-state index in [1.807, 2.05) is 23.9 Å². The van der Waals surface area contributed by atoms with Gasteiger partial charge in [0.05, 0.1) is 5.69 Å². The van der Waals surface area contributed by atoms with Crippen molar-refractivity contribution in [1.82, 2.24) is 0 Å². The Labute approximate surface area is 159 Å². The predicted octanol–water partition coefficient (Wildman–Crippen LogP) is 4.41. The zero-order valence-electron chi connectivity index (χ0n) is 15.8. The van der Waals surface area contributed by atoms with Crippen molar-refractivity contribution in [3.05, 3.63) is 65.2 Å². The van der Waals surface area contributed by atoms with E-state index in [9.17, 15) is 0 Å². The van der Waals surface area contributed by atoms with Crippen LogP contribution in [0.4, 0.5) is 17.1 Å². The monoisotopic (exact) mass is 356 g/mol. The first-order valence-corrected chi connectivity index (χ1v) is 9.60. The van der Waals surface area contributed by atoms with Gasteiger partial charge < -0.3 is 15.1 Å². The lowest BCUT2D eigenvalue weighted by atomic mass is 10.0. The molecule has 0 unspecified atom stereocenters. The molecule has 1 aliphatic heterocycles. The quantitative estimate of drug-likeness (QED) is 0.528. The molecule has 1 aliphatic carbocycles. The summed E-state index contributed by atoms with van der Waals surface area (Å²) in [4.78, 5) is 3.95. The molecule has 0 saturated carbocycles. The second-order valence-electron chi connectivity index (χ2n) is 7.54. The van der Waals surface area contributed by atoms with E-state index in [1.54, 1.807) is 0 Å². The smallest absolute Gasteiger partial charge is 0.202 e. The molecule has 0 amide bonds. The first-order chi connectivity index (χ1) is 13.1. The molecule has 0 fully saturated rings. The zero-order chi connectivity index (χ0) is 18.5. The summed E-state index contributed by atoms with van der Waals surface area (Å²) in [5, 5.41) is 14.8. The molecule has 1 heterocycles. The number of aryl methyl sites for hydroxylation is 2. The molecule has 27 heavy (non-hydrogen) atoms. The van der Waals surface area contributed by atoms with Crippen LogP contribution in [-0.2, 0) is 19.3 Å². The van der Waals surface area contributed by atoms with Crippen LogP contribution in [0.3, 0.4) is 0 Å². The first kappa shape index (κ1) is 16.2. The minimum Gasteiger partial charge on any atom is -0.384 e. The van der Waals surface area contributed by atoms with Gasteiger partial charge in [0.15, 0.2) is 0 Å². The molecule has 5 rings (SSSR count). The maximum absolute atomic E-state index is 8.81. The van der Waals surface area contributed by atoms with Gasteiger partial charge in [-0.15, -0.1) is 0 Å². The predicted molar refractivity (Wildman–Crippen MR) is 115 cm³/mol. The molecule has 136 valence electrons. The van der Waals surface area contributed by atoms with Crippen molar-refractivity contribution in [3.63, 3.8) is 0 Å². The molecule has 0 aromatic heterocycles. The molecule has 2 aliphatic rings. The van der Waals surface area contributed by atoms with E-state index in [2.05, 4.69) is 53.8 Å². The summed E-state index contributed by atoms with van der Waals surface area (Å²) in [5.41, 5.74) is 7.57. The van der Waals surface area contributed by atoms with Gasteiger partial charge in [0.25, 0.3) is 0 Å². The lowest BCUT2D eigenvalue weighted by Crippen LogP contribution is -2.39. The van der Waals surface area contributed by atoms with Crippen LogP contribution < -0.4 is 15.1 Å². The lowest BCUT2D eigenvalue weighted by Gasteiger charge is -2.29. The Kier molecular flexibility index (Phi) is 3.61. The number of nitrogens with one attached hydrogen (secondary N) is 2. The van der Waals surface area contributed by atoms with Crippen molar-refractivity contribution in [2.24, 2.45) is 0 Å². The first-order valence-electron chi connectivity index (χ1n) is 9.60. The van der Waals surface area contributed by atoms with Crippen LogP contribution in [0.2, 0.25) is 0 Å². The highest BCUT2D eigenvalue weighted by Gasteiger charge is 2.21. The minimum absolute atomic E-state index is 0.472. The van der Waals surface area contributed by atoms with E-state index in [0.29, 0.717) is 5.96 Å². The van der Waals surface area contributed by atoms with Crippen LogP contribution in [0.5, 0.6) is 0 Å². The van der Waals surface area contributed by atoms with Gasteiger partial charge >= 0.3 is 0 Å². The summed E-state index contributed by atoms with van der Waals surface area (Å²) in [6.07, 6.45) is 3.30.